The molecule has 0 saturated carbocycles. The molecule has 2 N–H and O–H groups in total. The van der Waals surface area contributed by atoms with Crippen LogP contribution in [0, 0.1) is 5.41 Å². The standard InChI is InChI=1S/C29H27N3O5/c33-27(34)29(28(35)36)14-16-32(17-15-29)19-22-8-10-23(11-9-22)25-30-26(37-31-25)24-12-6-21(7-13-24)18-20-4-2-1-3-5-20/h1-13H,14-19H2,(H,33,34)(H,35,36). The Kier molecular flexibility index (Phi) is 6.83. The number of benzene rings is 3. The van der Waals surface area contributed by atoms with Gasteiger partial charge < -0.3 is 14.7 Å². The van der Waals surface area contributed by atoms with Gasteiger partial charge in [0.05, 0.1) is 0 Å². The maximum Gasteiger partial charge on any atom is 0.321 e. The zero-order valence-corrected chi connectivity index (χ0v) is 20.2. The third kappa shape index (κ3) is 5.29. The Balaban J connectivity index is 1.20. The van der Waals surface area contributed by atoms with E-state index in [1.807, 2.05) is 54.6 Å². The molecule has 1 saturated heterocycles. The highest BCUT2D eigenvalue weighted by molar-refractivity contribution is 5.98. The van der Waals surface area contributed by atoms with Crippen molar-refractivity contribution in [3.63, 3.8) is 0 Å². The largest absolute Gasteiger partial charge is 0.480 e. The first kappa shape index (κ1) is 24.4. The fourth-order valence-corrected chi connectivity index (χ4v) is 4.68. The summed E-state index contributed by atoms with van der Waals surface area (Å²) in [6, 6.07) is 26.2. The summed E-state index contributed by atoms with van der Waals surface area (Å²) in [4.78, 5) is 29.7. The van der Waals surface area contributed by atoms with Crippen molar-refractivity contribution in [1.29, 1.82) is 0 Å². The molecule has 1 aliphatic rings. The van der Waals surface area contributed by atoms with E-state index in [0.29, 0.717) is 31.3 Å². The van der Waals surface area contributed by atoms with E-state index in [1.165, 1.54) is 11.1 Å². The molecule has 0 radical (unpaired) electrons. The van der Waals surface area contributed by atoms with Crippen molar-refractivity contribution in [1.82, 2.24) is 15.0 Å². The minimum Gasteiger partial charge on any atom is -0.480 e. The molecule has 1 fully saturated rings. The second kappa shape index (κ2) is 10.4. The number of nitrogens with zero attached hydrogens (tertiary/aromatic N) is 3. The summed E-state index contributed by atoms with van der Waals surface area (Å²) in [5.74, 6) is -1.56. The van der Waals surface area contributed by atoms with E-state index in [0.717, 1.165) is 23.1 Å². The van der Waals surface area contributed by atoms with Crippen LogP contribution in [-0.2, 0) is 22.6 Å². The molecular weight excluding hydrogens is 470 g/mol. The molecule has 1 aromatic heterocycles. The van der Waals surface area contributed by atoms with Gasteiger partial charge in [0.15, 0.2) is 5.41 Å². The molecule has 0 amide bonds. The molecule has 2 heterocycles. The molecule has 0 bridgehead atoms. The second-order valence-electron chi connectivity index (χ2n) is 9.45. The Morgan fingerprint density at radius 3 is 1.97 bits per heavy atom. The first-order valence-electron chi connectivity index (χ1n) is 12.2. The lowest BCUT2D eigenvalue weighted by molar-refractivity contribution is -0.168. The molecule has 0 aliphatic carbocycles. The molecule has 5 rings (SSSR count). The Bertz CT molecular complexity index is 1360. The lowest BCUT2D eigenvalue weighted by Gasteiger charge is -2.36. The van der Waals surface area contributed by atoms with Crippen LogP contribution in [0.4, 0.5) is 0 Å². The van der Waals surface area contributed by atoms with E-state index < -0.39 is 17.4 Å². The lowest BCUT2D eigenvalue weighted by atomic mass is 9.78. The smallest absolute Gasteiger partial charge is 0.321 e. The third-order valence-corrected chi connectivity index (χ3v) is 7.02. The number of likely N-dealkylation sites (tertiary alicyclic amines) is 1. The van der Waals surface area contributed by atoms with Crippen LogP contribution in [0.2, 0.25) is 0 Å². The number of hydrogen-bond donors (Lipinski definition) is 2. The first-order valence-corrected chi connectivity index (χ1v) is 12.2. The number of rotatable bonds is 8. The van der Waals surface area contributed by atoms with Gasteiger partial charge in [-0.15, -0.1) is 0 Å². The van der Waals surface area contributed by atoms with Crippen molar-refractivity contribution in [3.8, 4) is 22.8 Å². The van der Waals surface area contributed by atoms with Gasteiger partial charge in [-0.05, 0) is 48.1 Å². The highest BCUT2D eigenvalue weighted by atomic mass is 16.5. The zero-order valence-electron chi connectivity index (χ0n) is 20.2. The highest BCUT2D eigenvalue weighted by Gasteiger charge is 2.48. The van der Waals surface area contributed by atoms with Crippen LogP contribution >= 0.6 is 0 Å². The average molecular weight is 498 g/mol. The minimum absolute atomic E-state index is 0.0919. The van der Waals surface area contributed by atoms with Crippen LogP contribution in [0.15, 0.2) is 83.4 Å². The second-order valence-corrected chi connectivity index (χ2v) is 9.45. The summed E-state index contributed by atoms with van der Waals surface area (Å²) >= 11 is 0. The first-order chi connectivity index (χ1) is 17.9. The summed E-state index contributed by atoms with van der Waals surface area (Å²) in [5.41, 5.74) is 3.51. The van der Waals surface area contributed by atoms with E-state index in [4.69, 9.17) is 4.52 Å². The normalized spacial score (nSPS) is 15.4. The summed E-state index contributed by atoms with van der Waals surface area (Å²) in [7, 11) is 0. The molecule has 4 aromatic rings. The van der Waals surface area contributed by atoms with Crippen LogP contribution in [0.25, 0.3) is 22.8 Å². The van der Waals surface area contributed by atoms with Crippen molar-refractivity contribution < 1.29 is 24.3 Å². The molecule has 37 heavy (non-hydrogen) atoms. The van der Waals surface area contributed by atoms with Gasteiger partial charge in [0.1, 0.15) is 0 Å². The zero-order chi connectivity index (χ0) is 25.8. The molecule has 0 spiro atoms. The molecular formula is C29H27N3O5. The molecule has 1 aliphatic heterocycles. The van der Waals surface area contributed by atoms with Gasteiger partial charge in [0, 0.05) is 30.8 Å². The molecule has 188 valence electrons. The topological polar surface area (TPSA) is 117 Å². The summed E-state index contributed by atoms with van der Waals surface area (Å²) in [6.45, 7) is 1.44. The monoisotopic (exact) mass is 497 g/mol. The van der Waals surface area contributed by atoms with E-state index in [9.17, 15) is 19.8 Å². The van der Waals surface area contributed by atoms with E-state index in [1.54, 1.807) is 0 Å². The number of hydrogen-bond acceptors (Lipinski definition) is 6. The summed E-state index contributed by atoms with van der Waals surface area (Å²) < 4.78 is 5.51. The molecule has 8 heteroatoms. The maximum absolute atomic E-state index is 11.5. The fourth-order valence-electron chi connectivity index (χ4n) is 4.68. The lowest BCUT2D eigenvalue weighted by Crippen LogP contribution is -2.48. The van der Waals surface area contributed by atoms with Gasteiger partial charge >= 0.3 is 11.9 Å². The average Bonchev–Trinajstić information content (AvgIpc) is 3.41. The molecule has 3 aromatic carbocycles. The number of carbonyl (C=O) groups is 2. The van der Waals surface area contributed by atoms with Crippen molar-refractivity contribution >= 4 is 11.9 Å². The SMILES string of the molecule is O=C(O)C1(C(=O)O)CCN(Cc2ccc(-c3noc(-c4ccc(Cc5ccccc5)cc4)n3)cc2)CC1. The number of aliphatic carboxylic acids is 2. The Labute approximate surface area is 214 Å². The highest BCUT2D eigenvalue weighted by Crippen LogP contribution is 2.33. The number of aromatic nitrogens is 2. The van der Waals surface area contributed by atoms with Gasteiger partial charge in [-0.3, -0.25) is 14.5 Å². The quantitative estimate of drug-likeness (QED) is 0.335. The minimum atomic E-state index is -1.68. The van der Waals surface area contributed by atoms with Gasteiger partial charge in [0.25, 0.3) is 5.89 Å². The van der Waals surface area contributed by atoms with Gasteiger partial charge in [-0.1, -0.05) is 71.9 Å². The van der Waals surface area contributed by atoms with Crippen LogP contribution in [0.3, 0.4) is 0 Å². The maximum atomic E-state index is 11.5. The molecule has 0 atom stereocenters. The van der Waals surface area contributed by atoms with Crippen LogP contribution in [-0.4, -0.2) is 50.3 Å². The van der Waals surface area contributed by atoms with Crippen LogP contribution in [0.5, 0.6) is 0 Å². The Morgan fingerprint density at radius 2 is 1.35 bits per heavy atom. The van der Waals surface area contributed by atoms with Crippen molar-refractivity contribution in [3.05, 3.63) is 95.6 Å². The predicted octanol–water partition coefficient (Wildman–Crippen LogP) is 4.75. The predicted molar refractivity (Wildman–Crippen MR) is 137 cm³/mol. The fraction of sp³-hybridized carbons (Fsp3) is 0.241. The number of carboxylic acids is 2. The summed E-state index contributed by atoms with van der Waals surface area (Å²) in [6.07, 6.45) is 1.04. The van der Waals surface area contributed by atoms with Crippen LogP contribution < -0.4 is 0 Å². The number of piperidine rings is 1. The van der Waals surface area contributed by atoms with Crippen molar-refractivity contribution in [2.45, 2.75) is 25.8 Å². The summed E-state index contributed by atoms with van der Waals surface area (Å²) in [5, 5.41) is 22.9. The Morgan fingerprint density at radius 1 is 0.784 bits per heavy atom. The van der Waals surface area contributed by atoms with Crippen molar-refractivity contribution in [2.24, 2.45) is 5.41 Å². The van der Waals surface area contributed by atoms with Gasteiger partial charge in [0.2, 0.25) is 5.82 Å². The van der Waals surface area contributed by atoms with Crippen LogP contribution in [0.1, 0.15) is 29.5 Å². The molecule has 8 nitrogen and oxygen atoms in total. The van der Waals surface area contributed by atoms with E-state index >= 15 is 0 Å². The Hall–Kier alpha value is -4.30. The molecule has 0 unspecified atom stereocenters. The van der Waals surface area contributed by atoms with Gasteiger partial charge in [-0.2, -0.15) is 4.98 Å². The van der Waals surface area contributed by atoms with Crippen molar-refractivity contribution in [2.75, 3.05) is 13.1 Å². The number of carboxylic acid groups (broad SMARTS) is 2. The van der Waals surface area contributed by atoms with E-state index in [2.05, 4.69) is 39.3 Å². The van der Waals surface area contributed by atoms with E-state index in [-0.39, 0.29) is 12.8 Å². The van der Waals surface area contributed by atoms with Gasteiger partial charge in [-0.25, -0.2) is 0 Å². The third-order valence-electron chi connectivity index (χ3n) is 7.02.